The molecule has 2 N–H and O–H groups in total. The molecule has 1 aromatic heterocycles. The highest BCUT2D eigenvalue weighted by Gasteiger charge is 2.18. The summed E-state index contributed by atoms with van der Waals surface area (Å²) in [7, 11) is 1.80. The second-order valence-corrected chi connectivity index (χ2v) is 3.58. The number of aliphatic carboxylic acids is 1. The van der Waals surface area contributed by atoms with Crippen LogP contribution in [0.4, 0.5) is 0 Å². The Morgan fingerprint density at radius 3 is 2.75 bits per heavy atom. The van der Waals surface area contributed by atoms with Gasteiger partial charge in [0.15, 0.2) is 0 Å². The smallest absolute Gasteiger partial charge is 0.326 e. The highest BCUT2D eigenvalue weighted by molar-refractivity contribution is 5.81. The number of carboxylic acids is 1. The normalized spacial score (nSPS) is 12.1. The van der Waals surface area contributed by atoms with E-state index in [0.717, 1.165) is 5.69 Å². The largest absolute Gasteiger partial charge is 0.480 e. The van der Waals surface area contributed by atoms with Gasteiger partial charge in [0.05, 0.1) is 0 Å². The first-order chi connectivity index (χ1) is 7.50. The Balaban J connectivity index is 2.53. The number of hydrogen-bond donors (Lipinski definition) is 2. The summed E-state index contributed by atoms with van der Waals surface area (Å²) in [5.41, 5.74) is 0.941. The van der Waals surface area contributed by atoms with Gasteiger partial charge in [0.25, 0.3) is 0 Å². The van der Waals surface area contributed by atoms with Crippen LogP contribution >= 0.6 is 0 Å². The first-order valence-corrected chi connectivity index (χ1v) is 4.97. The molecular weight excluding hydrogens is 210 g/mol. The fourth-order valence-corrected chi connectivity index (χ4v) is 1.44. The number of amides is 1. The van der Waals surface area contributed by atoms with Crippen LogP contribution in [0.2, 0.25) is 0 Å². The van der Waals surface area contributed by atoms with Crippen molar-refractivity contribution in [1.82, 2.24) is 15.1 Å². The van der Waals surface area contributed by atoms with E-state index in [2.05, 4.69) is 10.4 Å². The van der Waals surface area contributed by atoms with Crippen molar-refractivity contribution < 1.29 is 14.7 Å². The molecule has 0 aliphatic carbocycles. The summed E-state index contributed by atoms with van der Waals surface area (Å²) in [6.45, 7) is 1.31. The number of carboxylic acid groups (broad SMARTS) is 1. The maximum atomic E-state index is 10.8. The maximum Gasteiger partial charge on any atom is 0.326 e. The van der Waals surface area contributed by atoms with E-state index in [-0.39, 0.29) is 5.91 Å². The van der Waals surface area contributed by atoms with Gasteiger partial charge in [-0.2, -0.15) is 5.10 Å². The average Bonchev–Trinajstić information content (AvgIpc) is 2.57. The van der Waals surface area contributed by atoms with Gasteiger partial charge < -0.3 is 10.4 Å². The molecule has 6 nitrogen and oxygen atoms in total. The molecule has 0 saturated heterocycles. The van der Waals surface area contributed by atoms with E-state index in [0.29, 0.717) is 12.8 Å². The van der Waals surface area contributed by atoms with Crippen molar-refractivity contribution in [2.45, 2.75) is 25.8 Å². The molecule has 1 atom stereocenters. The molecule has 0 saturated carbocycles. The van der Waals surface area contributed by atoms with Crippen LogP contribution in [0.25, 0.3) is 0 Å². The van der Waals surface area contributed by atoms with Crippen molar-refractivity contribution in [2.24, 2.45) is 7.05 Å². The molecule has 0 aliphatic rings. The molecule has 6 heteroatoms. The van der Waals surface area contributed by atoms with E-state index in [1.165, 1.54) is 6.92 Å². The van der Waals surface area contributed by atoms with E-state index < -0.39 is 12.0 Å². The van der Waals surface area contributed by atoms with Gasteiger partial charge in [0, 0.05) is 25.9 Å². The van der Waals surface area contributed by atoms with E-state index in [4.69, 9.17) is 5.11 Å². The van der Waals surface area contributed by atoms with Crippen LogP contribution in [-0.2, 0) is 23.1 Å². The zero-order chi connectivity index (χ0) is 12.1. The summed E-state index contributed by atoms with van der Waals surface area (Å²) < 4.78 is 1.69. The monoisotopic (exact) mass is 225 g/mol. The van der Waals surface area contributed by atoms with Crippen molar-refractivity contribution in [1.29, 1.82) is 0 Å². The molecule has 88 valence electrons. The lowest BCUT2D eigenvalue weighted by molar-refractivity contribution is -0.141. The predicted octanol–water partition coefficient (Wildman–Crippen LogP) is -0.0580. The summed E-state index contributed by atoms with van der Waals surface area (Å²) in [4.78, 5) is 21.6. The third-order valence-electron chi connectivity index (χ3n) is 2.29. The minimum absolute atomic E-state index is 0.336. The second kappa shape index (κ2) is 5.29. The number of nitrogens with zero attached hydrogens (tertiary/aromatic N) is 2. The molecule has 16 heavy (non-hydrogen) atoms. The minimum Gasteiger partial charge on any atom is -0.480 e. The van der Waals surface area contributed by atoms with E-state index in [1.54, 1.807) is 17.9 Å². The van der Waals surface area contributed by atoms with E-state index >= 15 is 0 Å². The number of aromatic nitrogens is 2. The predicted molar refractivity (Wildman–Crippen MR) is 56.8 cm³/mol. The number of nitrogens with one attached hydrogen (secondary N) is 1. The Morgan fingerprint density at radius 1 is 1.62 bits per heavy atom. The van der Waals surface area contributed by atoms with Crippen LogP contribution in [0.1, 0.15) is 19.0 Å². The van der Waals surface area contributed by atoms with Crippen molar-refractivity contribution >= 4 is 11.9 Å². The Labute approximate surface area is 93.3 Å². The molecule has 0 radical (unpaired) electrons. The first-order valence-electron chi connectivity index (χ1n) is 4.97. The molecule has 1 unspecified atom stereocenters. The van der Waals surface area contributed by atoms with Gasteiger partial charge in [0.1, 0.15) is 6.04 Å². The molecule has 1 heterocycles. The SMILES string of the molecule is CC(=O)NC(CCc1ccnn1C)C(=O)O. The van der Waals surface area contributed by atoms with E-state index in [1.807, 2.05) is 6.07 Å². The van der Waals surface area contributed by atoms with Crippen molar-refractivity contribution in [3.05, 3.63) is 18.0 Å². The molecule has 1 amide bonds. The second-order valence-electron chi connectivity index (χ2n) is 3.58. The lowest BCUT2D eigenvalue weighted by Gasteiger charge is -2.12. The average molecular weight is 225 g/mol. The molecule has 0 spiro atoms. The Morgan fingerprint density at radius 2 is 2.31 bits per heavy atom. The lowest BCUT2D eigenvalue weighted by atomic mass is 10.1. The molecule has 0 fully saturated rings. The molecule has 1 aromatic rings. The lowest BCUT2D eigenvalue weighted by Crippen LogP contribution is -2.39. The van der Waals surface area contributed by atoms with Crippen LogP contribution in [0.5, 0.6) is 0 Å². The quantitative estimate of drug-likeness (QED) is 0.735. The molecule has 0 aromatic carbocycles. The van der Waals surface area contributed by atoms with Gasteiger partial charge in [-0.15, -0.1) is 0 Å². The third-order valence-corrected chi connectivity index (χ3v) is 2.29. The van der Waals surface area contributed by atoms with Crippen LogP contribution in [0, 0.1) is 0 Å². The summed E-state index contributed by atoms with van der Waals surface area (Å²) in [5, 5.41) is 15.3. The van der Waals surface area contributed by atoms with Crippen LogP contribution in [0.15, 0.2) is 12.3 Å². The zero-order valence-corrected chi connectivity index (χ0v) is 9.30. The first kappa shape index (κ1) is 12.2. The van der Waals surface area contributed by atoms with Crippen molar-refractivity contribution in [2.75, 3.05) is 0 Å². The summed E-state index contributed by atoms with van der Waals surface area (Å²) in [5.74, 6) is -1.35. The minimum atomic E-state index is -1.02. The number of carbonyl (C=O) groups excluding carboxylic acids is 1. The molecule has 0 bridgehead atoms. The topological polar surface area (TPSA) is 84.2 Å². The van der Waals surface area contributed by atoms with Crippen molar-refractivity contribution in [3.8, 4) is 0 Å². The van der Waals surface area contributed by atoms with Crippen LogP contribution in [-0.4, -0.2) is 32.8 Å². The number of rotatable bonds is 5. The van der Waals surface area contributed by atoms with Crippen molar-refractivity contribution in [3.63, 3.8) is 0 Å². The maximum absolute atomic E-state index is 10.8. The van der Waals surface area contributed by atoms with Crippen LogP contribution in [0.3, 0.4) is 0 Å². The highest BCUT2D eigenvalue weighted by Crippen LogP contribution is 2.04. The summed E-state index contributed by atoms with van der Waals surface area (Å²) >= 11 is 0. The zero-order valence-electron chi connectivity index (χ0n) is 9.30. The van der Waals surface area contributed by atoms with Gasteiger partial charge in [0.2, 0.25) is 5.91 Å². The highest BCUT2D eigenvalue weighted by atomic mass is 16.4. The van der Waals surface area contributed by atoms with Gasteiger partial charge in [-0.25, -0.2) is 4.79 Å². The van der Waals surface area contributed by atoms with Gasteiger partial charge in [-0.3, -0.25) is 9.48 Å². The van der Waals surface area contributed by atoms with E-state index in [9.17, 15) is 9.59 Å². The van der Waals surface area contributed by atoms with Gasteiger partial charge in [-0.05, 0) is 18.9 Å². The van der Waals surface area contributed by atoms with Crippen LogP contribution < -0.4 is 5.32 Å². The number of aryl methyl sites for hydroxylation is 2. The third kappa shape index (κ3) is 3.38. The fourth-order valence-electron chi connectivity index (χ4n) is 1.44. The summed E-state index contributed by atoms with van der Waals surface area (Å²) in [6, 6.07) is 0.986. The van der Waals surface area contributed by atoms with Gasteiger partial charge in [-0.1, -0.05) is 0 Å². The number of hydrogen-bond acceptors (Lipinski definition) is 3. The Hall–Kier alpha value is -1.85. The molecule has 0 aliphatic heterocycles. The Kier molecular flexibility index (Phi) is 4.04. The number of carbonyl (C=O) groups is 2. The molecular formula is C10H15N3O3. The summed E-state index contributed by atoms with van der Waals surface area (Å²) in [6.07, 6.45) is 2.58. The standard InChI is InChI=1S/C10H15N3O3/c1-7(14)12-9(10(15)16)4-3-8-5-6-11-13(8)2/h5-6,9H,3-4H2,1-2H3,(H,12,14)(H,15,16). The van der Waals surface area contributed by atoms with Gasteiger partial charge >= 0.3 is 5.97 Å². The Bertz CT molecular complexity index is 386. The molecule has 1 rings (SSSR count). The fraction of sp³-hybridized carbons (Fsp3) is 0.500.